The van der Waals surface area contributed by atoms with Gasteiger partial charge >= 0.3 is 0 Å². The van der Waals surface area contributed by atoms with Gasteiger partial charge in [0.25, 0.3) is 5.91 Å². The van der Waals surface area contributed by atoms with E-state index in [-0.39, 0.29) is 11.0 Å². The molecule has 34 heavy (non-hydrogen) atoms. The highest BCUT2D eigenvalue weighted by atomic mass is 35.5. The lowest BCUT2D eigenvalue weighted by molar-refractivity contribution is 0.0977. The van der Waals surface area contributed by atoms with Crippen molar-refractivity contribution in [3.05, 3.63) is 108 Å². The van der Waals surface area contributed by atoms with Crippen molar-refractivity contribution in [2.45, 2.75) is 0 Å². The SMILES string of the molecule is O=C(NC(=S)Nc1cc(-c2nc3ccccc3o2)ccc1Cl)c1ccc(-c2ccccc2)cc1. The summed E-state index contributed by atoms with van der Waals surface area (Å²) in [4.78, 5) is 17.2. The fourth-order valence-electron chi connectivity index (χ4n) is 3.52. The lowest BCUT2D eigenvalue weighted by Crippen LogP contribution is -2.34. The number of thiocarbonyl (C=S) groups is 1. The third-order valence-corrected chi connectivity index (χ3v) is 5.77. The van der Waals surface area contributed by atoms with Crippen molar-refractivity contribution in [1.82, 2.24) is 10.3 Å². The molecule has 0 aliphatic rings. The molecule has 0 bridgehead atoms. The molecule has 2 N–H and O–H groups in total. The van der Waals surface area contributed by atoms with Gasteiger partial charge in [-0.3, -0.25) is 10.1 Å². The number of halogens is 1. The highest BCUT2D eigenvalue weighted by Gasteiger charge is 2.13. The quantitative estimate of drug-likeness (QED) is 0.271. The number of carbonyl (C=O) groups is 1. The molecule has 5 nitrogen and oxygen atoms in total. The van der Waals surface area contributed by atoms with Crippen LogP contribution >= 0.6 is 23.8 Å². The summed E-state index contributed by atoms with van der Waals surface area (Å²) in [5.74, 6) is 0.151. The van der Waals surface area contributed by atoms with E-state index in [9.17, 15) is 4.79 Å². The minimum Gasteiger partial charge on any atom is -0.436 e. The standard InChI is InChI=1S/C27H18ClN3O2S/c28-21-15-14-20(26-29-22-8-4-5-9-24(22)33-26)16-23(21)30-27(34)31-25(32)19-12-10-18(11-13-19)17-6-2-1-3-7-17/h1-16H,(H2,30,31,32,34). The molecule has 4 aromatic carbocycles. The van der Waals surface area contributed by atoms with Crippen LogP contribution < -0.4 is 10.6 Å². The minimum atomic E-state index is -0.316. The van der Waals surface area contributed by atoms with Crippen LogP contribution in [-0.4, -0.2) is 16.0 Å². The number of carbonyl (C=O) groups excluding carboxylic acids is 1. The van der Waals surface area contributed by atoms with E-state index in [1.807, 2.05) is 72.8 Å². The molecule has 166 valence electrons. The third kappa shape index (κ3) is 4.69. The van der Waals surface area contributed by atoms with Gasteiger partial charge in [0.1, 0.15) is 5.52 Å². The molecule has 5 rings (SSSR count). The Morgan fingerprint density at radius 2 is 1.50 bits per heavy atom. The number of hydrogen-bond donors (Lipinski definition) is 2. The van der Waals surface area contributed by atoms with E-state index in [0.29, 0.717) is 27.7 Å². The normalized spacial score (nSPS) is 10.7. The summed E-state index contributed by atoms with van der Waals surface area (Å²) >= 11 is 11.7. The number of para-hydroxylation sites is 2. The van der Waals surface area contributed by atoms with Crippen molar-refractivity contribution in [1.29, 1.82) is 0 Å². The van der Waals surface area contributed by atoms with Gasteiger partial charge in [-0.25, -0.2) is 4.98 Å². The van der Waals surface area contributed by atoms with Gasteiger partial charge in [-0.15, -0.1) is 0 Å². The molecule has 0 unspecified atom stereocenters. The zero-order valence-corrected chi connectivity index (χ0v) is 19.4. The molecule has 1 amide bonds. The monoisotopic (exact) mass is 483 g/mol. The summed E-state index contributed by atoms with van der Waals surface area (Å²) < 4.78 is 5.83. The Labute approximate surface area is 206 Å². The first-order valence-corrected chi connectivity index (χ1v) is 11.3. The predicted molar refractivity (Wildman–Crippen MR) is 140 cm³/mol. The van der Waals surface area contributed by atoms with E-state index < -0.39 is 0 Å². The summed E-state index contributed by atoms with van der Waals surface area (Å²) in [7, 11) is 0. The molecule has 0 aliphatic carbocycles. The number of oxazole rings is 1. The average Bonchev–Trinajstić information content (AvgIpc) is 3.30. The molecule has 0 atom stereocenters. The highest BCUT2D eigenvalue weighted by Crippen LogP contribution is 2.30. The van der Waals surface area contributed by atoms with E-state index >= 15 is 0 Å². The number of anilines is 1. The summed E-state index contributed by atoms with van der Waals surface area (Å²) in [6.45, 7) is 0. The van der Waals surface area contributed by atoms with Gasteiger partial charge in [0.15, 0.2) is 10.7 Å². The van der Waals surface area contributed by atoms with E-state index in [2.05, 4.69) is 15.6 Å². The van der Waals surface area contributed by atoms with Crippen LogP contribution in [0.25, 0.3) is 33.7 Å². The molecule has 0 saturated heterocycles. The van der Waals surface area contributed by atoms with Gasteiger partial charge in [-0.05, 0) is 65.8 Å². The number of nitrogens with zero attached hydrogens (tertiary/aromatic N) is 1. The predicted octanol–water partition coefficient (Wildman–Crippen LogP) is 6.94. The second-order valence-electron chi connectivity index (χ2n) is 7.53. The molecule has 1 heterocycles. The van der Waals surface area contributed by atoms with Crippen molar-refractivity contribution in [2.24, 2.45) is 0 Å². The average molecular weight is 484 g/mol. The number of benzene rings is 4. The number of hydrogen-bond acceptors (Lipinski definition) is 4. The van der Waals surface area contributed by atoms with Crippen LogP contribution in [0.5, 0.6) is 0 Å². The topological polar surface area (TPSA) is 67.2 Å². The highest BCUT2D eigenvalue weighted by molar-refractivity contribution is 7.80. The maximum Gasteiger partial charge on any atom is 0.257 e. The van der Waals surface area contributed by atoms with Gasteiger partial charge in [0.05, 0.1) is 10.7 Å². The Balaban J connectivity index is 1.28. The van der Waals surface area contributed by atoms with Crippen LogP contribution in [0.15, 0.2) is 101 Å². The lowest BCUT2D eigenvalue weighted by atomic mass is 10.0. The summed E-state index contributed by atoms with van der Waals surface area (Å²) in [5.41, 5.74) is 5.34. The van der Waals surface area contributed by atoms with Gasteiger partial charge in [0.2, 0.25) is 5.89 Å². The molecule has 0 spiro atoms. The Morgan fingerprint density at radius 3 is 2.26 bits per heavy atom. The molecule has 0 saturated carbocycles. The van der Waals surface area contributed by atoms with Crippen LogP contribution in [0.1, 0.15) is 10.4 Å². The largest absolute Gasteiger partial charge is 0.436 e. The van der Waals surface area contributed by atoms with Gasteiger partial charge in [-0.1, -0.05) is 66.2 Å². The van der Waals surface area contributed by atoms with Crippen molar-refractivity contribution < 1.29 is 9.21 Å². The van der Waals surface area contributed by atoms with Gasteiger partial charge in [-0.2, -0.15) is 0 Å². The minimum absolute atomic E-state index is 0.133. The number of aromatic nitrogens is 1. The summed E-state index contributed by atoms with van der Waals surface area (Å²) in [6.07, 6.45) is 0. The Bertz CT molecular complexity index is 1460. The van der Waals surface area contributed by atoms with Gasteiger partial charge < -0.3 is 9.73 Å². The van der Waals surface area contributed by atoms with Crippen LogP contribution in [0, 0.1) is 0 Å². The zero-order valence-electron chi connectivity index (χ0n) is 17.8. The molecule has 0 fully saturated rings. The van der Waals surface area contributed by atoms with Crippen molar-refractivity contribution >= 4 is 51.6 Å². The summed E-state index contributed by atoms with van der Waals surface area (Å²) in [6, 6.07) is 30.2. The van der Waals surface area contributed by atoms with Crippen LogP contribution in [-0.2, 0) is 0 Å². The Kier molecular flexibility index (Phi) is 6.08. The molecule has 1 aromatic heterocycles. The smallest absolute Gasteiger partial charge is 0.257 e. The van der Waals surface area contributed by atoms with E-state index in [1.54, 1.807) is 24.3 Å². The van der Waals surface area contributed by atoms with E-state index in [1.165, 1.54) is 0 Å². The molecule has 0 aliphatic heterocycles. The van der Waals surface area contributed by atoms with Crippen molar-refractivity contribution in [2.75, 3.05) is 5.32 Å². The molecule has 7 heteroatoms. The maximum absolute atomic E-state index is 12.7. The second-order valence-corrected chi connectivity index (χ2v) is 8.35. The first-order valence-electron chi connectivity index (χ1n) is 10.5. The Hall–Kier alpha value is -4.00. The molecular formula is C27H18ClN3O2S. The zero-order chi connectivity index (χ0) is 23.5. The number of fused-ring (bicyclic) bond motifs is 1. The van der Waals surface area contributed by atoms with Gasteiger partial charge in [0, 0.05) is 11.1 Å². The van der Waals surface area contributed by atoms with Crippen LogP contribution in [0.3, 0.4) is 0 Å². The van der Waals surface area contributed by atoms with Crippen LogP contribution in [0.2, 0.25) is 5.02 Å². The maximum atomic E-state index is 12.7. The van der Waals surface area contributed by atoms with Crippen LogP contribution in [0.4, 0.5) is 5.69 Å². The second kappa shape index (κ2) is 9.47. The first kappa shape index (κ1) is 21.8. The number of amides is 1. The van der Waals surface area contributed by atoms with E-state index in [0.717, 1.165) is 22.2 Å². The fourth-order valence-corrected chi connectivity index (χ4v) is 3.89. The first-order chi connectivity index (χ1) is 16.6. The fraction of sp³-hybridized carbons (Fsp3) is 0. The third-order valence-electron chi connectivity index (χ3n) is 5.24. The Morgan fingerprint density at radius 1 is 0.824 bits per heavy atom. The molecular weight excluding hydrogens is 466 g/mol. The van der Waals surface area contributed by atoms with E-state index in [4.69, 9.17) is 28.2 Å². The van der Waals surface area contributed by atoms with Crippen molar-refractivity contribution in [3.8, 4) is 22.6 Å². The lowest BCUT2D eigenvalue weighted by Gasteiger charge is -2.12. The number of rotatable bonds is 4. The molecule has 5 aromatic rings. The summed E-state index contributed by atoms with van der Waals surface area (Å²) in [5, 5.41) is 6.27. The molecule has 0 radical (unpaired) electrons. The van der Waals surface area contributed by atoms with Crippen molar-refractivity contribution in [3.63, 3.8) is 0 Å². The number of nitrogens with one attached hydrogen (secondary N) is 2.